The first-order valence-electron chi connectivity index (χ1n) is 7.39. The van der Waals surface area contributed by atoms with Crippen molar-refractivity contribution in [1.29, 1.82) is 0 Å². The molecule has 0 spiro atoms. The standard InChI is InChI=1S/C16H17ClN4O3/c1-20-10-13(9-18-20)21-8-7-16(14(21)22,15(23)24-2)19-12-5-3-11(17)4-6-12/h3-6,9-10,19H,7-8H2,1-2H3. The fourth-order valence-corrected chi connectivity index (χ4v) is 2.95. The summed E-state index contributed by atoms with van der Waals surface area (Å²) in [6.45, 7) is 0.389. The second kappa shape index (κ2) is 6.16. The third kappa shape index (κ3) is 2.71. The number of hydrogen-bond donors (Lipinski definition) is 1. The van der Waals surface area contributed by atoms with Crippen molar-refractivity contribution in [3.63, 3.8) is 0 Å². The number of amides is 1. The summed E-state index contributed by atoms with van der Waals surface area (Å²) in [4.78, 5) is 27.0. The number of methoxy groups -OCH3 is 1. The zero-order valence-electron chi connectivity index (χ0n) is 13.3. The van der Waals surface area contributed by atoms with Gasteiger partial charge in [-0.3, -0.25) is 9.48 Å². The number of benzene rings is 1. The highest BCUT2D eigenvalue weighted by atomic mass is 35.5. The number of halogens is 1. The summed E-state index contributed by atoms with van der Waals surface area (Å²) in [6.07, 6.45) is 3.61. The quantitative estimate of drug-likeness (QED) is 0.674. The van der Waals surface area contributed by atoms with Gasteiger partial charge in [0.1, 0.15) is 0 Å². The molecule has 0 saturated carbocycles. The first-order chi connectivity index (χ1) is 11.5. The first-order valence-corrected chi connectivity index (χ1v) is 7.77. The lowest BCUT2D eigenvalue weighted by atomic mass is 9.97. The van der Waals surface area contributed by atoms with Gasteiger partial charge in [0, 0.05) is 36.9 Å². The Morgan fingerprint density at radius 2 is 2.08 bits per heavy atom. The molecule has 3 rings (SSSR count). The smallest absolute Gasteiger partial charge is 0.341 e. The number of aryl methyl sites for hydroxylation is 1. The zero-order valence-corrected chi connectivity index (χ0v) is 14.1. The summed E-state index contributed by atoms with van der Waals surface area (Å²) >= 11 is 5.88. The number of nitrogens with zero attached hydrogens (tertiary/aromatic N) is 3. The molecule has 1 amide bonds. The molecule has 1 fully saturated rings. The summed E-state index contributed by atoms with van der Waals surface area (Å²) in [6, 6.07) is 6.81. The van der Waals surface area contributed by atoms with E-state index < -0.39 is 11.5 Å². The van der Waals surface area contributed by atoms with E-state index in [0.717, 1.165) is 0 Å². The minimum absolute atomic E-state index is 0.288. The summed E-state index contributed by atoms with van der Waals surface area (Å²) in [5.74, 6) is -0.980. The number of aromatic nitrogens is 2. The Labute approximate surface area is 144 Å². The van der Waals surface area contributed by atoms with Gasteiger partial charge in [0.25, 0.3) is 5.91 Å². The van der Waals surface area contributed by atoms with Crippen LogP contribution in [0.4, 0.5) is 11.4 Å². The lowest BCUT2D eigenvalue weighted by molar-refractivity contribution is -0.148. The third-order valence-corrected chi connectivity index (χ3v) is 4.31. The van der Waals surface area contributed by atoms with Crippen LogP contribution in [0.2, 0.25) is 5.02 Å². The number of nitrogens with one attached hydrogen (secondary N) is 1. The number of anilines is 2. The molecule has 1 aliphatic rings. The van der Waals surface area contributed by atoms with E-state index in [1.165, 1.54) is 12.0 Å². The maximum absolute atomic E-state index is 13.0. The largest absolute Gasteiger partial charge is 0.467 e. The van der Waals surface area contributed by atoms with Crippen LogP contribution < -0.4 is 10.2 Å². The second-order valence-electron chi connectivity index (χ2n) is 5.61. The summed E-state index contributed by atoms with van der Waals surface area (Å²) in [7, 11) is 3.04. The SMILES string of the molecule is COC(=O)C1(Nc2ccc(Cl)cc2)CCN(c2cnn(C)c2)C1=O. The highest BCUT2D eigenvalue weighted by molar-refractivity contribution is 6.30. The van der Waals surface area contributed by atoms with Crippen molar-refractivity contribution in [1.82, 2.24) is 9.78 Å². The minimum Gasteiger partial charge on any atom is -0.467 e. The van der Waals surface area contributed by atoms with Gasteiger partial charge in [0.05, 0.1) is 19.0 Å². The van der Waals surface area contributed by atoms with E-state index in [0.29, 0.717) is 22.9 Å². The Kier molecular flexibility index (Phi) is 4.19. The van der Waals surface area contributed by atoms with Gasteiger partial charge in [0.15, 0.2) is 0 Å². The average Bonchev–Trinajstić information content (AvgIpc) is 3.14. The molecule has 8 heteroatoms. The fourth-order valence-electron chi connectivity index (χ4n) is 2.82. The molecule has 1 aliphatic heterocycles. The average molecular weight is 349 g/mol. The maximum Gasteiger partial charge on any atom is 0.341 e. The maximum atomic E-state index is 13.0. The van der Waals surface area contributed by atoms with Crippen molar-refractivity contribution in [2.45, 2.75) is 12.0 Å². The number of rotatable bonds is 4. The summed E-state index contributed by atoms with van der Waals surface area (Å²) in [5, 5.41) is 7.68. The van der Waals surface area contributed by atoms with Gasteiger partial charge < -0.3 is 15.0 Å². The Bertz CT molecular complexity index is 774. The van der Waals surface area contributed by atoms with Gasteiger partial charge in [-0.05, 0) is 24.3 Å². The van der Waals surface area contributed by atoms with E-state index in [-0.39, 0.29) is 12.3 Å². The van der Waals surface area contributed by atoms with Crippen LogP contribution in [0.5, 0.6) is 0 Å². The predicted octanol–water partition coefficient (Wildman–Crippen LogP) is 1.83. The van der Waals surface area contributed by atoms with E-state index in [2.05, 4.69) is 10.4 Å². The molecule has 2 heterocycles. The van der Waals surface area contributed by atoms with Crippen LogP contribution in [0, 0.1) is 0 Å². The van der Waals surface area contributed by atoms with E-state index in [1.807, 2.05) is 0 Å². The fraction of sp³-hybridized carbons (Fsp3) is 0.312. The molecule has 126 valence electrons. The van der Waals surface area contributed by atoms with E-state index >= 15 is 0 Å². The Hall–Kier alpha value is -2.54. The Balaban J connectivity index is 1.93. The molecule has 0 aliphatic carbocycles. The van der Waals surface area contributed by atoms with Crippen LogP contribution in [0.3, 0.4) is 0 Å². The van der Waals surface area contributed by atoms with Crippen LogP contribution in [-0.2, 0) is 21.4 Å². The van der Waals surface area contributed by atoms with Crippen molar-refractivity contribution < 1.29 is 14.3 Å². The Morgan fingerprint density at radius 1 is 1.38 bits per heavy atom. The normalized spacial score (nSPS) is 20.3. The van der Waals surface area contributed by atoms with Gasteiger partial charge in [-0.15, -0.1) is 0 Å². The first kappa shape index (κ1) is 16.3. The number of ether oxygens (including phenoxy) is 1. The number of esters is 1. The number of hydrogen-bond acceptors (Lipinski definition) is 5. The minimum atomic E-state index is -1.46. The predicted molar refractivity (Wildman–Crippen MR) is 90.0 cm³/mol. The summed E-state index contributed by atoms with van der Waals surface area (Å²) < 4.78 is 6.50. The highest BCUT2D eigenvalue weighted by Gasteiger charge is 2.54. The van der Waals surface area contributed by atoms with Gasteiger partial charge in [0.2, 0.25) is 5.54 Å². The molecule has 0 bridgehead atoms. The van der Waals surface area contributed by atoms with E-state index in [4.69, 9.17) is 16.3 Å². The van der Waals surface area contributed by atoms with Crippen molar-refractivity contribution in [2.24, 2.45) is 7.05 Å². The molecular weight excluding hydrogens is 332 g/mol. The molecule has 7 nitrogen and oxygen atoms in total. The van der Waals surface area contributed by atoms with E-state index in [1.54, 1.807) is 48.4 Å². The van der Waals surface area contributed by atoms with Crippen molar-refractivity contribution in [3.05, 3.63) is 41.7 Å². The number of carbonyl (C=O) groups excluding carboxylic acids is 2. The molecule has 1 aromatic heterocycles. The van der Waals surface area contributed by atoms with Crippen molar-refractivity contribution in [2.75, 3.05) is 23.9 Å². The van der Waals surface area contributed by atoms with Crippen LogP contribution in [0.25, 0.3) is 0 Å². The molecule has 1 unspecified atom stereocenters. The van der Waals surface area contributed by atoms with E-state index in [9.17, 15) is 9.59 Å². The Morgan fingerprint density at radius 3 is 2.67 bits per heavy atom. The van der Waals surface area contributed by atoms with Gasteiger partial charge in [-0.25, -0.2) is 4.79 Å². The molecule has 2 aromatic rings. The molecule has 1 N–H and O–H groups in total. The molecular formula is C16H17ClN4O3. The van der Waals surface area contributed by atoms with Crippen LogP contribution in [0.1, 0.15) is 6.42 Å². The number of carbonyl (C=O) groups is 2. The molecule has 24 heavy (non-hydrogen) atoms. The molecule has 1 aromatic carbocycles. The van der Waals surface area contributed by atoms with Crippen LogP contribution in [-0.4, -0.2) is 40.9 Å². The summed E-state index contributed by atoms with van der Waals surface area (Å²) in [5.41, 5.74) is -0.198. The molecule has 1 atom stereocenters. The molecule has 1 saturated heterocycles. The lowest BCUT2D eigenvalue weighted by Gasteiger charge is -2.27. The van der Waals surface area contributed by atoms with Crippen LogP contribution >= 0.6 is 11.6 Å². The van der Waals surface area contributed by atoms with Crippen molar-refractivity contribution >= 4 is 34.9 Å². The monoisotopic (exact) mass is 348 g/mol. The van der Waals surface area contributed by atoms with Crippen LogP contribution in [0.15, 0.2) is 36.7 Å². The second-order valence-corrected chi connectivity index (χ2v) is 6.04. The lowest BCUT2D eigenvalue weighted by Crippen LogP contribution is -2.53. The van der Waals surface area contributed by atoms with Gasteiger partial charge in [-0.1, -0.05) is 11.6 Å². The highest BCUT2D eigenvalue weighted by Crippen LogP contribution is 2.32. The molecule has 0 radical (unpaired) electrons. The zero-order chi connectivity index (χ0) is 17.3. The third-order valence-electron chi connectivity index (χ3n) is 4.06. The van der Waals surface area contributed by atoms with Gasteiger partial charge in [-0.2, -0.15) is 5.10 Å². The van der Waals surface area contributed by atoms with Gasteiger partial charge >= 0.3 is 5.97 Å². The topological polar surface area (TPSA) is 76.5 Å². The van der Waals surface area contributed by atoms with Crippen molar-refractivity contribution in [3.8, 4) is 0 Å².